The lowest BCUT2D eigenvalue weighted by molar-refractivity contribution is 0.415. The molecule has 0 unspecified atom stereocenters. The first kappa shape index (κ1) is 11.5. The molecular weight excluding hydrogens is 236 g/mol. The summed E-state index contributed by atoms with van der Waals surface area (Å²) in [6, 6.07) is 15.9. The van der Waals surface area contributed by atoms with E-state index in [1.54, 1.807) is 19.4 Å². The van der Waals surface area contributed by atoms with E-state index in [-0.39, 0.29) is 0 Å². The first-order valence-electron chi connectivity index (χ1n) is 6.06. The number of anilines is 1. The van der Waals surface area contributed by atoms with Crippen LogP contribution in [0.5, 0.6) is 5.75 Å². The summed E-state index contributed by atoms with van der Waals surface area (Å²) in [7, 11) is 1.67. The van der Waals surface area contributed by atoms with Gasteiger partial charge in [-0.1, -0.05) is 18.2 Å². The molecule has 0 atom stereocenters. The normalized spacial score (nSPS) is 10.6. The van der Waals surface area contributed by atoms with Crippen molar-refractivity contribution in [1.29, 1.82) is 0 Å². The Morgan fingerprint density at radius 2 is 1.74 bits per heavy atom. The third kappa shape index (κ3) is 2.22. The standard InChI is InChI=1S/C16H14N2O/c1-19-15-5-4-11-8-13(3-2-12(11)9-15)16-10-14(17)6-7-18-16/h2-10H,1H3,(H2,17,18). The minimum Gasteiger partial charge on any atom is -0.497 e. The van der Waals surface area contributed by atoms with Crippen LogP contribution >= 0.6 is 0 Å². The van der Waals surface area contributed by atoms with Crippen LogP contribution in [-0.4, -0.2) is 12.1 Å². The van der Waals surface area contributed by atoms with Gasteiger partial charge in [-0.25, -0.2) is 0 Å². The molecule has 0 fully saturated rings. The van der Waals surface area contributed by atoms with E-state index in [2.05, 4.69) is 17.1 Å². The summed E-state index contributed by atoms with van der Waals surface area (Å²) in [6.07, 6.45) is 1.73. The van der Waals surface area contributed by atoms with Crippen LogP contribution in [0.1, 0.15) is 0 Å². The molecule has 0 spiro atoms. The molecule has 3 rings (SSSR count). The van der Waals surface area contributed by atoms with Gasteiger partial charge in [0.25, 0.3) is 0 Å². The van der Waals surface area contributed by atoms with Crippen LogP contribution < -0.4 is 10.5 Å². The second kappa shape index (κ2) is 4.61. The van der Waals surface area contributed by atoms with Crippen molar-refractivity contribution in [3.63, 3.8) is 0 Å². The van der Waals surface area contributed by atoms with Crippen molar-refractivity contribution in [2.75, 3.05) is 12.8 Å². The average molecular weight is 250 g/mol. The zero-order chi connectivity index (χ0) is 13.2. The number of benzene rings is 2. The van der Waals surface area contributed by atoms with E-state index in [1.807, 2.05) is 30.3 Å². The van der Waals surface area contributed by atoms with Gasteiger partial charge in [-0.15, -0.1) is 0 Å². The molecule has 19 heavy (non-hydrogen) atoms. The molecule has 1 heterocycles. The Balaban J connectivity index is 2.11. The molecular formula is C16H14N2O. The molecule has 0 aliphatic carbocycles. The highest BCUT2D eigenvalue weighted by atomic mass is 16.5. The number of aromatic nitrogens is 1. The van der Waals surface area contributed by atoms with Gasteiger partial charge in [0.05, 0.1) is 12.8 Å². The number of hydrogen-bond acceptors (Lipinski definition) is 3. The second-order valence-corrected chi connectivity index (χ2v) is 4.40. The molecule has 0 amide bonds. The summed E-state index contributed by atoms with van der Waals surface area (Å²) in [6.45, 7) is 0. The predicted octanol–water partition coefficient (Wildman–Crippen LogP) is 3.49. The van der Waals surface area contributed by atoms with E-state index in [0.717, 1.165) is 33.5 Å². The molecule has 2 aromatic carbocycles. The summed E-state index contributed by atoms with van der Waals surface area (Å²) in [4.78, 5) is 4.35. The molecule has 0 saturated heterocycles. The second-order valence-electron chi connectivity index (χ2n) is 4.40. The van der Waals surface area contributed by atoms with Crippen LogP contribution in [0, 0.1) is 0 Å². The zero-order valence-corrected chi connectivity index (χ0v) is 10.6. The Morgan fingerprint density at radius 1 is 0.947 bits per heavy atom. The van der Waals surface area contributed by atoms with Crippen molar-refractivity contribution < 1.29 is 4.74 Å². The Bertz CT molecular complexity index is 738. The number of rotatable bonds is 2. The summed E-state index contributed by atoms with van der Waals surface area (Å²) in [5, 5.41) is 2.30. The van der Waals surface area contributed by atoms with Gasteiger partial charge in [-0.3, -0.25) is 4.98 Å². The Kier molecular flexibility index (Phi) is 2.80. The van der Waals surface area contributed by atoms with E-state index in [1.165, 1.54) is 0 Å². The Morgan fingerprint density at radius 3 is 2.53 bits per heavy atom. The van der Waals surface area contributed by atoms with Crippen LogP contribution in [0.4, 0.5) is 5.69 Å². The summed E-state index contributed by atoms with van der Waals surface area (Å²) in [5.74, 6) is 0.863. The van der Waals surface area contributed by atoms with Crippen LogP contribution in [0.2, 0.25) is 0 Å². The zero-order valence-electron chi connectivity index (χ0n) is 10.6. The van der Waals surface area contributed by atoms with E-state index >= 15 is 0 Å². The van der Waals surface area contributed by atoms with E-state index < -0.39 is 0 Å². The number of fused-ring (bicyclic) bond motifs is 1. The number of nitrogens with two attached hydrogens (primary N) is 1. The van der Waals surface area contributed by atoms with Gasteiger partial charge in [0, 0.05) is 17.4 Å². The molecule has 1 aromatic heterocycles. The summed E-state index contributed by atoms with van der Waals surface area (Å²) >= 11 is 0. The minimum atomic E-state index is 0.722. The lowest BCUT2D eigenvalue weighted by Crippen LogP contribution is -1.88. The minimum absolute atomic E-state index is 0.722. The van der Waals surface area contributed by atoms with Gasteiger partial charge in [-0.05, 0) is 41.1 Å². The van der Waals surface area contributed by atoms with Crippen molar-refractivity contribution in [1.82, 2.24) is 4.98 Å². The maximum absolute atomic E-state index is 5.79. The van der Waals surface area contributed by atoms with Crippen LogP contribution in [0.3, 0.4) is 0 Å². The van der Waals surface area contributed by atoms with Gasteiger partial charge in [0.2, 0.25) is 0 Å². The van der Waals surface area contributed by atoms with Crippen molar-refractivity contribution in [3.05, 3.63) is 54.7 Å². The predicted molar refractivity (Wildman–Crippen MR) is 78.1 cm³/mol. The quantitative estimate of drug-likeness (QED) is 0.757. The van der Waals surface area contributed by atoms with Crippen LogP contribution in [-0.2, 0) is 0 Å². The number of methoxy groups -OCH3 is 1. The molecule has 3 nitrogen and oxygen atoms in total. The monoisotopic (exact) mass is 250 g/mol. The Hall–Kier alpha value is -2.55. The largest absolute Gasteiger partial charge is 0.497 e. The molecule has 0 aliphatic heterocycles. The topological polar surface area (TPSA) is 48.1 Å². The van der Waals surface area contributed by atoms with Gasteiger partial charge >= 0.3 is 0 Å². The molecule has 3 heteroatoms. The fourth-order valence-corrected chi connectivity index (χ4v) is 2.11. The van der Waals surface area contributed by atoms with Crippen molar-refractivity contribution in [3.8, 4) is 17.0 Å². The molecule has 3 aromatic rings. The maximum Gasteiger partial charge on any atom is 0.119 e. The highest BCUT2D eigenvalue weighted by Gasteiger charge is 2.02. The fourth-order valence-electron chi connectivity index (χ4n) is 2.11. The number of ether oxygens (including phenoxy) is 1. The third-order valence-electron chi connectivity index (χ3n) is 3.13. The lowest BCUT2D eigenvalue weighted by atomic mass is 10.0. The van der Waals surface area contributed by atoms with Crippen LogP contribution in [0.25, 0.3) is 22.0 Å². The van der Waals surface area contributed by atoms with Gasteiger partial charge < -0.3 is 10.5 Å². The van der Waals surface area contributed by atoms with Gasteiger partial charge in [0.15, 0.2) is 0 Å². The van der Waals surface area contributed by atoms with Gasteiger partial charge in [0.1, 0.15) is 5.75 Å². The van der Waals surface area contributed by atoms with E-state index in [9.17, 15) is 0 Å². The summed E-state index contributed by atoms with van der Waals surface area (Å²) in [5.41, 5.74) is 8.46. The fraction of sp³-hybridized carbons (Fsp3) is 0.0625. The number of pyridine rings is 1. The van der Waals surface area contributed by atoms with Crippen LogP contribution in [0.15, 0.2) is 54.7 Å². The van der Waals surface area contributed by atoms with Crippen molar-refractivity contribution >= 4 is 16.5 Å². The first-order valence-corrected chi connectivity index (χ1v) is 6.06. The van der Waals surface area contributed by atoms with Crippen molar-refractivity contribution in [2.45, 2.75) is 0 Å². The maximum atomic E-state index is 5.79. The summed E-state index contributed by atoms with van der Waals surface area (Å²) < 4.78 is 5.22. The number of hydrogen-bond donors (Lipinski definition) is 1. The van der Waals surface area contributed by atoms with Crippen molar-refractivity contribution in [2.24, 2.45) is 0 Å². The Labute approximate surface area is 111 Å². The lowest BCUT2D eigenvalue weighted by Gasteiger charge is -2.06. The molecule has 0 radical (unpaired) electrons. The number of nitrogens with zero attached hydrogens (tertiary/aromatic N) is 1. The number of nitrogen functional groups attached to an aromatic ring is 1. The van der Waals surface area contributed by atoms with E-state index in [4.69, 9.17) is 10.5 Å². The average Bonchev–Trinajstić information content (AvgIpc) is 2.46. The highest BCUT2D eigenvalue weighted by molar-refractivity contribution is 5.88. The molecule has 2 N–H and O–H groups in total. The van der Waals surface area contributed by atoms with Gasteiger partial charge in [-0.2, -0.15) is 0 Å². The molecule has 94 valence electrons. The third-order valence-corrected chi connectivity index (χ3v) is 3.13. The molecule has 0 aliphatic rings. The SMILES string of the molecule is COc1ccc2cc(-c3cc(N)ccn3)ccc2c1. The first-order chi connectivity index (χ1) is 9.26. The molecule has 0 bridgehead atoms. The smallest absolute Gasteiger partial charge is 0.119 e. The molecule has 0 saturated carbocycles. The highest BCUT2D eigenvalue weighted by Crippen LogP contribution is 2.26. The van der Waals surface area contributed by atoms with E-state index in [0.29, 0.717) is 0 Å².